The summed E-state index contributed by atoms with van der Waals surface area (Å²) in [6, 6.07) is 30.0. The maximum absolute atomic E-state index is 6.69. The van der Waals surface area contributed by atoms with Crippen molar-refractivity contribution < 1.29 is 42.6 Å². The maximum Gasteiger partial charge on any atom is 0.187 e. The highest BCUT2D eigenvalue weighted by molar-refractivity contribution is 5.18. The van der Waals surface area contributed by atoms with Gasteiger partial charge in [0.15, 0.2) is 18.9 Å². The highest BCUT2D eigenvalue weighted by Crippen LogP contribution is 2.45. The van der Waals surface area contributed by atoms with E-state index in [-0.39, 0.29) is 30.7 Å². The van der Waals surface area contributed by atoms with Crippen LogP contribution < -0.4 is 0 Å². The molecule has 0 aromatic heterocycles. The van der Waals surface area contributed by atoms with E-state index in [0.717, 1.165) is 16.7 Å². The lowest BCUT2D eigenvalue weighted by atomic mass is 9.96. The highest BCUT2D eigenvalue weighted by atomic mass is 16.8. The van der Waals surface area contributed by atoms with Crippen molar-refractivity contribution in [2.75, 3.05) is 13.2 Å². The first kappa shape index (κ1) is 26.9. The second kappa shape index (κ2) is 11.8. The number of hydrogen-bond acceptors (Lipinski definition) is 9. The Bertz CT molecular complexity index is 1310. The van der Waals surface area contributed by atoms with Crippen LogP contribution in [0.1, 0.15) is 23.0 Å². The van der Waals surface area contributed by atoms with Crippen LogP contribution in [0.25, 0.3) is 0 Å². The first-order valence-electron chi connectivity index (χ1n) is 14.7. The summed E-state index contributed by atoms with van der Waals surface area (Å²) < 4.78 is 57.0. The van der Waals surface area contributed by atoms with Gasteiger partial charge in [0.05, 0.1) is 26.4 Å². The Morgan fingerprint density at radius 2 is 1.19 bits per heavy atom. The molecule has 3 aromatic carbocycles. The van der Waals surface area contributed by atoms with Gasteiger partial charge >= 0.3 is 0 Å². The molecule has 8 rings (SSSR count). The molecule has 220 valence electrons. The molecule has 11 atom stereocenters. The second-order valence-electron chi connectivity index (χ2n) is 11.3. The molecule has 3 aromatic rings. The van der Waals surface area contributed by atoms with Gasteiger partial charge in [0.2, 0.25) is 0 Å². The predicted octanol–water partition coefficient (Wildman–Crippen LogP) is 3.90. The van der Waals surface area contributed by atoms with E-state index in [9.17, 15) is 0 Å². The van der Waals surface area contributed by atoms with Crippen LogP contribution in [-0.2, 0) is 55.8 Å². The fourth-order valence-corrected chi connectivity index (χ4v) is 6.27. The molecule has 5 aliphatic rings. The van der Waals surface area contributed by atoms with E-state index in [1.54, 1.807) is 0 Å². The first-order valence-corrected chi connectivity index (χ1v) is 14.7. The molecule has 5 fully saturated rings. The third kappa shape index (κ3) is 5.41. The molecule has 1 unspecified atom stereocenters. The number of rotatable bonds is 9. The van der Waals surface area contributed by atoms with E-state index in [0.29, 0.717) is 26.4 Å². The summed E-state index contributed by atoms with van der Waals surface area (Å²) in [6.07, 6.45) is -4.46. The molecule has 0 N–H and O–H groups in total. The molecule has 5 aliphatic heterocycles. The monoisotopic (exact) mass is 574 g/mol. The highest BCUT2D eigenvalue weighted by Gasteiger charge is 2.63. The van der Waals surface area contributed by atoms with Gasteiger partial charge in [0.1, 0.15) is 48.8 Å². The zero-order chi connectivity index (χ0) is 27.9. The largest absolute Gasteiger partial charge is 0.368 e. The Morgan fingerprint density at radius 1 is 0.548 bits per heavy atom. The summed E-state index contributed by atoms with van der Waals surface area (Å²) in [5, 5.41) is 0. The van der Waals surface area contributed by atoms with Crippen LogP contribution >= 0.6 is 0 Å². The Labute approximate surface area is 244 Å². The lowest BCUT2D eigenvalue weighted by Crippen LogP contribution is -2.64. The van der Waals surface area contributed by atoms with E-state index >= 15 is 0 Å². The molecule has 42 heavy (non-hydrogen) atoms. The molecule has 0 aliphatic carbocycles. The van der Waals surface area contributed by atoms with E-state index < -0.39 is 37.0 Å². The molecule has 0 spiro atoms. The summed E-state index contributed by atoms with van der Waals surface area (Å²) in [6.45, 7) is 1.51. The van der Waals surface area contributed by atoms with Gasteiger partial charge in [-0.25, -0.2) is 0 Å². The number of benzene rings is 3. The Kier molecular flexibility index (Phi) is 7.53. The molecule has 0 amide bonds. The van der Waals surface area contributed by atoms with Gasteiger partial charge in [-0.15, -0.1) is 0 Å². The van der Waals surface area contributed by atoms with Crippen LogP contribution in [-0.4, -0.2) is 74.6 Å². The lowest BCUT2D eigenvalue weighted by Gasteiger charge is -2.49. The average molecular weight is 575 g/mol. The number of ether oxygens (including phenoxy) is 9. The van der Waals surface area contributed by atoms with Crippen LogP contribution in [0.4, 0.5) is 0 Å². The van der Waals surface area contributed by atoms with Crippen LogP contribution in [0, 0.1) is 0 Å². The van der Waals surface area contributed by atoms with Crippen molar-refractivity contribution in [1.29, 1.82) is 0 Å². The summed E-state index contributed by atoms with van der Waals surface area (Å²) in [7, 11) is 0. The molecular weight excluding hydrogens is 540 g/mol. The first-order chi connectivity index (χ1) is 20.8. The minimum Gasteiger partial charge on any atom is -0.368 e. The summed E-state index contributed by atoms with van der Waals surface area (Å²) >= 11 is 0. The van der Waals surface area contributed by atoms with Gasteiger partial charge in [0, 0.05) is 5.56 Å². The van der Waals surface area contributed by atoms with Crippen molar-refractivity contribution in [3.05, 3.63) is 108 Å². The molecule has 0 radical (unpaired) electrons. The quantitative estimate of drug-likeness (QED) is 0.353. The maximum atomic E-state index is 6.69. The molecule has 5 saturated heterocycles. The summed E-state index contributed by atoms with van der Waals surface area (Å²) in [4.78, 5) is 0. The zero-order valence-corrected chi connectivity index (χ0v) is 23.0. The fourth-order valence-electron chi connectivity index (χ4n) is 6.27. The standard InChI is InChI=1S/C33H34O9/c1-4-10-20(11-5-1)16-34-27-25-23(18-36-31(41-25)22-14-8-3-9-15-22)39-33(29(27)35-17-21-12-6-2-7-13-21)42-26-24-19-37-32(38-24)30-28(26)40-30/h1-15,23-33H,16-19H2/t23-,24+,25-,26+,27+,28-,29-,30-,31?,32+,33+/m1/s1. The van der Waals surface area contributed by atoms with Crippen LogP contribution in [0.2, 0.25) is 0 Å². The lowest BCUT2D eigenvalue weighted by molar-refractivity contribution is -0.380. The second-order valence-corrected chi connectivity index (χ2v) is 11.3. The van der Waals surface area contributed by atoms with Gasteiger partial charge in [-0.3, -0.25) is 0 Å². The Balaban J connectivity index is 1.09. The van der Waals surface area contributed by atoms with Gasteiger partial charge < -0.3 is 42.6 Å². The average Bonchev–Trinajstić information content (AvgIpc) is 3.74. The van der Waals surface area contributed by atoms with Crippen molar-refractivity contribution in [2.24, 2.45) is 0 Å². The normalized spacial score (nSPS) is 38.4. The molecule has 9 nitrogen and oxygen atoms in total. The Morgan fingerprint density at radius 3 is 1.90 bits per heavy atom. The third-order valence-corrected chi connectivity index (χ3v) is 8.47. The SMILES string of the molecule is c1ccc(CO[C@@H]2[C@@H](OCc3ccccc3)[C@H](O[C@@H]3[C@H]4O[C@H]4[C@H]4OC[C@@H]3O4)O[C@@H]3COC(c4ccccc4)O[C@@H]23)cc1. The van der Waals surface area contributed by atoms with E-state index in [2.05, 4.69) is 0 Å². The van der Waals surface area contributed by atoms with E-state index in [1.807, 2.05) is 91.0 Å². The molecular formula is C33H34O9. The van der Waals surface area contributed by atoms with Gasteiger partial charge in [0.25, 0.3) is 0 Å². The van der Waals surface area contributed by atoms with Crippen molar-refractivity contribution in [3.63, 3.8) is 0 Å². The van der Waals surface area contributed by atoms with Gasteiger partial charge in [-0.05, 0) is 11.1 Å². The summed E-state index contributed by atoms with van der Waals surface area (Å²) in [5.41, 5.74) is 3.02. The molecule has 9 heteroatoms. The number of epoxide rings is 1. The fraction of sp³-hybridized carbons (Fsp3) is 0.455. The van der Waals surface area contributed by atoms with Crippen molar-refractivity contribution >= 4 is 0 Å². The van der Waals surface area contributed by atoms with Crippen LogP contribution in [0.5, 0.6) is 0 Å². The van der Waals surface area contributed by atoms with E-state index in [1.165, 1.54) is 0 Å². The van der Waals surface area contributed by atoms with Crippen LogP contribution in [0.3, 0.4) is 0 Å². The summed E-state index contributed by atoms with van der Waals surface area (Å²) in [5.74, 6) is 0. The van der Waals surface area contributed by atoms with Crippen molar-refractivity contribution in [3.8, 4) is 0 Å². The minimum atomic E-state index is -0.771. The molecule has 5 heterocycles. The number of fused-ring (bicyclic) bond motifs is 5. The minimum absolute atomic E-state index is 0.0997. The Hall–Kier alpha value is -2.70. The topological polar surface area (TPSA) is 86.4 Å². The third-order valence-electron chi connectivity index (χ3n) is 8.47. The van der Waals surface area contributed by atoms with E-state index in [4.69, 9.17) is 42.6 Å². The smallest absolute Gasteiger partial charge is 0.187 e. The molecule has 0 saturated carbocycles. The van der Waals surface area contributed by atoms with Gasteiger partial charge in [-0.2, -0.15) is 0 Å². The van der Waals surface area contributed by atoms with Gasteiger partial charge in [-0.1, -0.05) is 91.0 Å². The van der Waals surface area contributed by atoms with Crippen molar-refractivity contribution in [1.82, 2.24) is 0 Å². The van der Waals surface area contributed by atoms with Crippen molar-refractivity contribution in [2.45, 2.75) is 80.9 Å². The molecule has 2 bridgehead atoms. The predicted molar refractivity (Wildman–Crippen MR) is 147 cm³/mol. The number of hydrogen-bond donors (Lipinski definition) is 0. The zero-order valence-electron chi connectivity index (χ0n) is 23.0. The van der Waals surface area contributed by atoms with Crippen LogP contribution in [0.15, 0.2) is 91.0 Å².